The van der Waals surface area contributed by atoms with Gasteiger partial charge in [-0.15, -0.1) is 0 Å². The summed E-state index contributed by atoms with van der Waals surface area (Å²) >= 11 is 4.87. The van der Waals surface area contributed by atoms with Crippen molar-refractivity contribution >= 4 is 24.3 Å². The predicted octanol–water partition coefficient (Wildman–Crippen LogP) is 0.874. The third-order valence-electron chi connectivity index (χ3n) is 1.32. The fraction of sp³-hybridized carbons (Fsp3) is 0.200. The number of hydrogen-bond acceptors (Lipinski definition) is 3. The first-order chi connectivity index (χ1) is 4.86. The van der Waals surface area contributed by atoms with Gasteiger partial charge in [0, 0.05) is 0 Å². The molecule has 2 heterocycles. The molecular weight excluding hydrogens is 148 g/mol. The van der Waals surface area contributed by atoms with Crippen molar-refractivity contribution in [2.45, 2.75) is 0 Å². The largest absolute Gasteiger partial charge is 0.351 e. The van der Waals surface area contributed by atoms with Crippen LogP contribution in [0.3, 0.4) is 0 Å². The first kappa shape index (κ1) is 5.67. The number of aromatic nitrogens is 2. The number of hydrogen-bond donors (Lipinski definition) is 3. The maximum atomic E-state index is 4.87. The minimum atomic E-state index is 0.621. The Hall–Kier alpha value is -1.10. The number of nitrogens with one attached hydrogen (secondary N) is 3. The minimum absolute atomic E-state index is 0.621. The smallest absolute Gasteiger partial charge is 0.176 e. The zero-order valence-electron chi connectivity index (χ0n) is 5.14. The lowest BCUT2D eigenvalue weighted by molar-refractivity contribution is 1.10. The summed E-state index contributed by atoms with van der Waals surface area (Å²) in [5, 5.41) is 3.03. The molecule has 1 aromatic rings. The molecule has 0 saturated heterocycles. The second-order valence-corrected chi connectivity index (χ2v) is 2.42. The maximum absolute atomic E-state index is 4.87. The highest BCUT2D eigenvalue weighted by molar-refractivity contribution is 7.71. The fourth-order valence-electron chi connectivity index (χ4n) is 0.895. The van der Waals surface area contributed by atoms with Crippen molar-refractivity contribution in [2.24, 2.45) is 4.99 Å². The first-order valence-corrected chi connectivity index (χ1v) is 3.33. The van der Waals surface area contributed by atoms with Crippen molar-refractivity contribution in [1.29, 1.82) is 0 Å². The lowest BCUT2D eigenvalue weighted by Gasteiger charge is -2.04. The molecule has 3 N–H and O–H groups in total. The van der Waals surface area contributed by atoms with Gasteiger partial charge in [-0.1, -0.05) is 0 Å². The van der Waals surface area contributed by atoms with Gasteiger partial charge in [0.1, 0.15) is 12.5 Å². The molecule has 0 aromatic carbocycles. The molecular formula is C5H6N4S. The van der Waals surface area contributed by atoms with E-state index in [2.05, 4.69) is 20.3 Å². The number of imidazole rings is 1. The zero-order valence-corrected chi connectivity index (χ0v) is 5.96. The van der Waals surface area contributed by atoms with Crippen LogP contribution in [0.4, 0.5) is 5.82 Å². The van der Waals surface area contributed by atoms with Crippen LogP contribution in [0.15, 0.2) is 4.99 Å². The average Bonchev–Trinajstić information content (AvgIpc) is 2.27. The molecule has 0 spiro atoms. The van der Waals surface area contributed by atoms with E-state index in [9.17, 15) is 0 Å². The standard InChI is InChI=1S/C5H6N4S/c10-5-8-3-1-6-2-7-4(3)9-5/h1,7H,2H2,(H2,8,9,10). The van der Waals surface area contributed by atoms with Crippen molar-refractivity contribution in [3.63, 3.8) is 0 Å². The van der Waals surface area contributed by atoms with E-state index in [1.807, 2.05) is 0 Å². The van der Waals surface area contributed by atoms with Gasteiger partial charge < -0.3 is 15.3 Å². The first-order valence-electron chi connectivity index (χ1n) is 2.92. The highest BCUT2D eigenvalue weighted by Crippen LogP contribution is 2.10. The summed E-state index contributed by atoms with van der Waals surface area (Å²) in [6.07, 6.45) is 1.76. The van der Waals surface area contributed by atoms with E-state index in [1.54, 1.807) is 6.21 Å². The maximum Gasteiger partial charge on any atom is 0.176 e. The van der Waals surface area contributed by atoms with Crippen LogP contribution in [0.5, 0.6) is 0 Å². The van der Waals surface area contributed by atoms with Gasteiger partial charge in [-0.2, -0.15) is 0 Å². The van der Waals surface area contributed by atoms with Crippen molar-refractivity contribution < 1.29 is 0 Å². The van der Waals surface area contributed by atoms with Gasteiger partial charge in [-0.05, 0) is 12.2 Å². The summed E-state index contributed by atoms with van der Waals surface area (Å²) in [6.45, 7) is 0.621. The monoisotopic (exact) mass is 154 g/mol. The van der Waals surface area contributed by atoms with Gasteiger partial charge in [0.25, 0.3) is 0 Å². The number of fused-ring (bicyclic) bond motifs is 1. The van der Waals surface area contributed by atoms with Gasteiger partial charge in [0.05, 0.1) is 11.9 Å². The third-order valence-corrected chi connectivity index (χ3v) is 1.53. The fourth-order valence-corrected chi connectivity index (χ4v) is 1.11. The number of aromatic amines is 2. The Morgan fingerprint density at radius 3 is 3.20 bits per heavy atom. The molecule has 0 atom stereocenters. The number of nitrogens with zero attached hydrogens (tertiary/aromatic N) is 1. The normalized spacial score (nSPS) is 14.4. The van der Waals surface area contributed by atoms with Crippen molar-refractivity contribution in [2.75, 3.05) is 12.0 Å². The lowest BCUT2D eigenvalue weighted by Crippen LogP contribution is -2.06. The Labute approximate surface area is 62.4 Å². The number of rotatable bonds is 0. The van der Waals surface area contributed by atoms with E-state index < -0.39 is 0 Å². The van der Waals surface area contributed by atoms with E-state index in [0.717, 1.165) is 11.5 Å². The molecule has 0 amide bonds. The molecule has 1 aliphatic heterocycles. The molecule has 0 unspecified atom stereocenters. The van der Waals surface area contributed by atoms with Gasteiger partial charge in [-0.3, -0.25) is 4.99 Å². The second kappa shape index (κ2) is 1.95. The molecule has 1 aromatic heterocycles. The molecule has 0 fully saturated rings. The van der Waals surface area contributed by atoms with Gasteiger partial charge >= 0.3 is 0 Å². The quantitative estimate of drug-likeness (QED) is 0.486. The molecule has 0 saturated carbocycles. The molecule has 0 radical (unpaired) electrons. The third kappa shape index (κ3) is 0.750. The number of anilines is 1. The molecule has 0 bridgehead atoms. The minimum Gasteiger partial charge on any atom is -0.351 e. The van der Waals surface area contributed by atoms with E-state index >= 15 is 0 Å². The van der Waals surface area contributed by atoms with E-state index in [0.29, 0.717) is 11.4 Å². The summed E-state index contributed by atoms with van der Waals surface area (Å²) < 4.78 is 0.630. The molecule has 52 valence electrons. The molecule has 0 aliphatic carbocycles. The molecule has 10 heavy (non-hydrogen) atoms. The van der Waals surface area contributed by atoms with Crippen molar-refractivity contribution in [3.05, 3.63) is 10.5 Å². The number of aliphatic imine (C=N–C) groups is 1. The zero-order chi connectivity index (χ0) is 6.97. The Morgan fingerprint density at radius 2 is 2.40 bits per heavy atom. The number of H-pyrrole nitrogens is 2. The van der Waals surface area contributed by atoms with Crippen LogP contribution in [0.25, 0.3) is 0 Å². The molecule has 4 nitrogen and oxygen atoms in total. The molecule has 2 rings (SSSR count). The van der Waals surface area contributed by atoms with Gasteiger partial charge in [0.2, 0.25) is 0 Å². The lowest BCUT2D eigenvalue weighted by atomic mass is 10.4. The van der Waals surface area contributed by atoms with Crippen LogP contribution in [-0.2, 0) is 0 Å². The Morgan fingerprint density at radius 1 is 1.50 bits per heavy atom. The highest BCUT2D eigenvalue weighted by Gasteiger charge is 2.04. The van der Waals surface area contributed by atoms with Crippen molar-refractivity contribution in [1.82, 2.24) is 9.97 Å². The molecule has 1 aliphatic rings. The van der Waals surface area contributed by atoms with Crippen LogP contribution in [0.2, 0.25) is 0 Å². The van der Waals surface area contributed by atoms with Gasteiger partial charge in [0.15, 0.2) is 4.77 Å². The van der Waals surface area contributed by atoms with Crippen LogP contribution in [0.1, 0.15) is 5.69 Å². The van der Waals surface area contributed by atoms with E-state index in [-0.39, 0.29) is 0 Å². The van der Waals surface area contributed by atoms with Crippen LogP contribution >= 0.6 is 12.2 Å². The Bertz CT molecular complexity index is 321. The summed E-state index contributed by atoms with van der Waals surface area (Å²) in [7, 11) is 0. The Balaban J connectivity index is 2.63. The highest BCUT2D eigenvalue weighted by atomic mass is 32.1. The molecule has 5 heteroatoms. The van der Waals surface area contributed by atoms with Gasteiger partial charge in [-0.25, -0.2) is 0 Å². The van der Waals surface area contributed by atoms with Crippen molar-refractivity contribution in [3.8, 4) is 0 Å². The average molecular weight is 154 g/mol. The topological polar surface area (TPSA) is 56.0 Å². The summed E-state index contributed by atoms with van der Waals surface area (Å²) in [5.74, 6) is 0.931. The SMILES string of the molecule is S=c1[nH]c2c([nH]1)NCN=C2. The van der Waals surface area contributed by atoms with Crippen LogP contribution < -0.4 is 5.32 Å². The van der Waals surface area contributed by atoms with Crippen LogP contribution in [0, 0.1) is 4.77 Å². The summed E-state index contributed by atoms with van der Waals surface area (Å²) in [4.78, 5) is 9.90. The van der Waals surface area contributed by atoms with E-state index in [1.165, 1.54) is 0 Å². The second-order valence-electron chi connectivity index (χ2n) is 2.01. The van der Waals surface area contributed by atoms with Crippen LogP contribution in [-0.4, -0.2) is 22.9 Å². The summed E-state index contributed by atoms with van der Waals surface area (Å²) in [6, 6.07) is 0. The summed E-state index contributed by atoms with van der Waals surface area (Å²) in [5.41, 5.74) is 0.927. The Kier molecular flexibility index (Phi) is 1.10. The van der Waals surface area contributed by atoms with E-state index in [4.69, 9.17) is 12.2 Å². The predicted molar refractivity (Wildman–Crippen MR) is 42.1 cm³/mol.